The third kappa shape index (κ3) is 4.22. The minimum Gasteiger partial charge on any atom is -0.497 e. The number of ether oxygens (including phenoxy) is 3. The lowest BCUT2D eigenvalue weighted by atomic mass is 10.1. The van der Waals surface area contributed by atoms with Crippen molar-refractivity contribution < 1.29 is 23.9 Å². The molecule has 7 heteroatoms. The Labute approximate surface area is 138 Å². The van der Waals surface area contributed by atoms with E-state index in [-0.39, 0.29) is 30.0 Å². The first-order chi connectivity index (χ1) is 11.5. The first-order valence-electron chi connectivity index (χ1n) is 7.21. The van der Waals surface area contributed by atoms with E-state index in [0.717, 1.165) is 5.75 Å². The highest BCUT2D eigenvalue weighted by molar-refractivity contribution is 5.92. The van der Waals surface area contributed by atoms with E-state index < -0.39 is 10.9 Å². The van der Waals surface area contributed by atoms with Crippen LogP contribution in [-0.2, 0) is 4.74 Å². The van der Waals surface area contributed by atoms with Gasteiger partial charge in [-0.25, -0.2) is 4.79 Å². The van der Waals surface area contributed by atoms with Crippen LogP contribution < -0.4 is 9.47 Å². The van der Waals surface area contributed by atoms with Crippen molar-refractivity contribution in [1.29, 1.82) is 0 Å². The number of hydrogen-bond acceptors (Lipinski definition) is 6. The molecule has 0 aliphatic carbocycles. The number of benzene rings is 2. The van der Waals surface area contributed by atoms with Gasteiger partial charge < -0.3 is 14.2 Å². The van der Waals surface area contributed by atoms with Crippen molar-refractivity contribution in [2.75, 3.05) is 20.3 Å². The van der Waals surface area contributed by atoms with Crippen molar-refractivity contribution in [3.05, 3.63) is 63.7 Å². The zero-order valence-electron chi connectivity index (χ0n) is 13.4. The van der Waals surface area contributed by atoms with Crippen LogP contribution in [0.4, 0.5) is 5.69 Å². The van der Waals surface area contributed by atoms with Crippen LogP contribution in [0.3, 0.4) is 0 Å². The van der Waals surface area contributed by atoms with Crippen LogP contribution in [0.1, 0.15) is 15.9 Å². The second-order valence-corrected chi connectivity index (χ2v) is 4.87. The Morgan fingerprint density at radius 3 is 2.38 bits per heavy atom. The first-order valence-corrected chi connectivity index (χ1v) is 7.21. The van der Waals surface area contributed by atoms with Crippen molar-refractivity contribution >= 4 is 11.7 Å². The lowest BCUT2D eigenvalue weighted by Gasteiger charge is -2.09. The minimum atomic E-state index is -0.616. The smallest absolute Gasteiger partial charge is 0.338 e. The first kappa shape index (κ1) is 17.3. The van der Waals surface area contributed by atoms with Gasteiger partial charge in [0.05, 0.1) is 17.6 Å². The van der Waals surface area contributed by atoms with Crippen molar-refractivity contribution in [3.8, 4) is 11.5 Å². The Bertz CT molecular complexity index is 726. The molecule has 2 rings (SSSR count). The summed E-state index contributed by atoms with van der Waals surface area (Å²) < 4.78 is 15.6. The average Bonchev–Trinajstić information content (AvgIpc) is 2.59. The van der Waals surface area contributed by atoms with Gasteiger partial charge in [0, 0.05) is 11.6 Å². The summed E-state index contributed by atoms with van der Waals surface area (Å²) in [7, 11) is 1.57. The van der Waals surface area contributed by atoms with Crippen molar-refractivity contribution in [2.45, 2.75) is 6.92 Å². The topological polar surface area (TPSA) is 87.9 Å². The van der Waals surface area contributed by atoms with Gasteiger partial charge in [-0.2, -0.15) is 0 Å². The molecule has 0 aromatic heterocycles. The molecule has 0 aliphatic heterocycles. The van der Waals surface area contributed by atoms with Gasteiger partial charge in [-0.3, -0.25) is 10.1 Å². The average molecular weight is 331 g/mol. The summed E-state index contributed by atoms with van der Waals surface area (Å²) >= 11 is 0. The molecule has 0 radical (unpaired) electrons. The second kappa shape index (κ2) is 7.96. The summed E-state index contributed by atoms with van der Waals surface area (Å²) in [6.45, 7) is 1.72. The Hall–Kier alpha value is -3.09. The number of nitrogens with zero attached hydrogens (tertiary/aromatic N) is 1. The van der Waals surface area contributed by atoms with Crippen LogP contribution in [0.25, 0.3) is 0 Å². The van der Waals surface area contributed by atoms with Gasteiger partial charge in [0.25, 0.3) is 5.69 Å². The molecule has 0 fully saturated rings. The minimum absolute atomic E-state index is 0.0347. The largest absolute Gasteiger partial charge is 0.497 e. The standard InChI is InChI=1S/C17H17NO6/c1-12-15(4-3-5-16(12)18(20)21)17(19)24-11-10-23-14-8-6-13(22-2)7-9-14/h3-9H,10-11H2,1-2H3. The van der Waals surface area contributed by atoms with Crippen molar-refractivity contribution in [2.24, 2.45) is 0 Å². The van der Waals surface area contributed by atoms with Crippen LogP contribution in [-0.4, -0.2) is 31.2 Å². The molecule has 2 aromatic rings. The van der Waals surface area contributed by atoms with E-state index in [0.29, 0.717) is 5.75 Å². The quantitative estimate of drug-likeness (QED) is 0.335. The van der Waals surface area contributed by atoms with E-state index in [4.69, 9.17) is 14.2 Å². The van der Waals surface area contributed by atoms with Crippen molar-refractivity contribution in [1.82, 2.24) is 0 Å². The SMILES string of the molecule is COc1ccc(OCCOC(=O)c2cccc([N+](=O)[O-])c2C)cc1. The van der Waals surface area contributed by atoms with Crippen LogP contribution in [0, 0.1) is 17.0 Å². The molecular weight excluding hydrogens is 314 g/mol. The molecule has 0 spiro atoms. The van der Waals surface area contributed by atoms with Crippen LogP contribution in [0.5, 0.6) is 11.5 Å². The Kier molecular flexibility index (Phi) is 5.73. The summed E-state index contributed by atoms with van der Waals surface area (Å²) in [5.74, 6) is 0.725. The fourth-order valence-electron chi connectivity index (χ4n) is 2.09. The Morgan fingerprint density at radius 1 is 1.08 bits per heavy atom. The molecule has 0 amide bonds. The number of nitro benzene ring substituents is 1. The molecule has 0 atom stereocenters. The zero-order valence-corrected chi connectivity index (χ0v) is 13.4. The van der Waals surface area contributed by atoms with Gasteiger partial charge in [-0.05, 0) is 37.3 Å². The monoisotopic (exact) mass is 331 g/mol. The molecular formula is C17H17NO6. The molecule has 24 heavy (non-hydrogen) atoms. The third-order valence-electron chi connectivity index (χ3n) is 3.37. The van der Waals surface area contributed by atoms with E-state index >= 15 is 0 Å². The molecule has 0 saturated carbocycles. The molecule has 7 nitrogen and oxygen atoms in total. The summed E-state index contributed by atoms with van der Waals surface area (Å²) in [6, 6.07) is 11.3. The third-order valence-corrected chi connectivity index (χ3v) is 3.37. The molecule has 0 N–H and O–H groups in total. The molecule has 0 saturated heterocycles. The number of hydrogen-bond donors (Lipinski definition) is 0. The van der Waals surface area contributed by atoms with Gasteiger partial charge in [-0.1, -0.05) is 6.07 Å². The number of esters is 1. The maximum atomic E-state index is 12.0. The predicted octanol–water partition coefficient (Wildman–Crippen LogP) is 3.15. The molecule has 0 unspecified atom stereocenters. The maximum Gasteiger partial charge on any atom is 0.338 e. The fourth-order valence-corrected chi connectivity index (χ4v) is 2.09. The number of rotatable bonds is 7. The van der Waals surface area contributed by atoms with Crippen molar-refractivity contribution in [3.63, 3.8) is 0 Å². The van der Waals surface area contributed by atoms with Gasteiger partial charge in [0.2, 0.25) is 0 Å². The van der Waals surface area contributed by atoms with Gasteiger partial charge in [0.15, 0.2) is 0 Å². The van der Waals surface area contributed by atoms with Crippen LogP contribution >= 0.6 is 0 Å². The number of methoxy groups -OCH3 is 1. The number of nitro groups is 1. The predicted molar refractivity (Wildman–Crippen MR) is 86.6 cm³/mol. The normalized spacial score (nSPS) is 10.1. The maximum absolute atomic E-state index is 12.0. The summed E-state index contributed by atoms with van der Waals surface area (Å²) in [5, 5.41) is 10.9. The molecule has 2 aromatic carbocycles. The van der Waals surface area contributed by atoms with Gasteiger partial charge in [0.1, 0.15) is 24.7 Å². The molecule has 0 bridgehead atoms. The summed E-state index contributed by atoms with van der Waals surface area (Å²) in [6.07, 6.45) is 0. The lowest BCUT2D eigenvalue weighted by molar-refractivity contribution is -0.385. The van der Waals surface area contributed by atoms with Crippen LogP contribution in [0.2, 0.25) is 0 Å². The van der Waals surface area contributed by atoms with E-state index in [2.05, 4.69) is 0 Å². The van der Waals surface area contributed by atoms with E-state index in [9.17, 15) is 14.9 Å². The van der Waals surface area contributed by atoms with E-state index in [1.54, 1.807) is 31.4 Å². The number of carbonyl (C=O) groups excluding carboxylic acids is 1. The molecule has 0 aliphatic rings. The Morgan fingerprint density at radius 2 is 1.75 bits per heavy atom. The highest BCUT2D eigenvalue weighted by Crippen LogP contribution is 2.21. The Balaban J connectivity index is 1.87. The van der Waals surface area contributed by atoms with Crippen LogP contribution in [0.15, 0.2) is 42.5 Å². The van der Waals surface area contributed by atoms with Gasteiger partial charge in [-0.15, -0.1) is 0 Å². The highest BCUT2D eigenvalue weighted by Gasteiger charge is 2.18. The lowest BCUT2D eigenvalue weighted by Crippen LogP contribution is -2.13. The van der Waals surface area contributed by atoms with E-state index in [1.165, 1.54) is 25.1 Å². The number of carbonyl (C=O) groups is 1. The van der Waals surface area contributed by atoms with E-state index in [1.807, 2.05) is 0 Å². The summed E-state index contributed by atoms with van der Waals surface area (Å²) in [4.78, 5) is 22.4. The molecule has 126 valence electrons. The van der Waals surface area contributed by atoms with Gasteiger partial charge >= 0.3 is 5.97 Å². The fraction of sp³-hybridized carbons (Fsp3) is 0.235. The highest BCUT2D eigenvalue weighted by atomic mass is 16.6. The second-order valence-electron chi connectivity index (χ2n) is 4.87. The molecule has 0 heterocycles. The summed E-state index contributed by atoms with van der Waals surface area (Å²) in [5.41, 5.74) is 0.344. The zero-order chi connectivity index (χ0) is 17.5.